The lowest BCUT2D eigenvalue weighted by molar-refractivity contribution is 0.443. The minimum atomic E-state index is 0.843. The van der Waals surface area contributed by atoms with E-state index in [4.69, 9.17) is 4.74 Å². The third kappa shape index (κ3) is 2.74. The molecule has 0 saturated carbocycles. The monoisotopic (exact) mass is 249 g/mol. The van der Waals surface area contributed by atoms with Crippen LogP contribution in [0.2, 0.25) is 0 Å². The fraction of sp³-hybridized carbons (Fsp3) is 0.118. The number of benzene rings is 1. The summed E-state index contributed by atoms with van der Waals surface area (Å²) in [5.41, 5.74) is 2.25. The zero-order chi connectivity index (χ0) is 13.1. The van der Waals surface area contributed by atoms with Crippen molar-refractivity contribution in [3.8, 4) is 5.75 Å². The van der Waals surface area contributed by atoms with Gasteiger partial charge in [-0.05, 0) is 49.8 Å². The molecule has 0 fully saturated rings. The lowest BCUT2D eigenvalue weighted by Gasteiger charge is -2.07. The third-order valence-electron chi connectivity index (χ3n) is 3.08. The van der Waals surface area contributed by atoms with Crippen molar-refractivity contribution in [3.63, 3.8) is 0 Å². The predicted octanol–water partition coefficient (Wildman–Crippen LogP) is 4.40. The highest BCUT2D eigenvalue weighted by atomic mass is 16.5. The van der Waals surface area contributed by atoms with E-state index in [9.17, 15) is 0 Å². The fourth-order valence-electron chi connectivity index (χ4n) is 2.04. The van der Waals surface area contributed by atoms with Crippen molar-refractivity contribution >= 4 is 10.9 Å². The van der Waals surface area contributed by atoms with E-state index in [2.05, 4.69) is 30.1 Å². The van der Waals surface area contributed by atoms with E-state index in [-0.39, 0.29) is 0 Å². The Kier molecular flexibility index (Phi) is 3.15. The SMILES string of the molecule is CC1=CCC=C(Oc2ccc3ncccc3c2)C=C1. The Morgan fingerprint density at radius 3 is 3.00 bits per heavy atom. The van der Waals surface area contributed by atoms with Crippen molar-refractivity contribution in [2.24, 2.45) is 0 Å². The average molecular weight is 249 g/mol. The maximum Gasteiger partial charge on any atom is 0.128 e. The molecule has 0 saturated heterocycles. The normalized spacial score (nSPS) is 14.8. The van der Waals surface area contributed by atoms with E-state index in [1.807, 2.05) is 36.4 Å². The van der Waals surface area contributed by atoms with Crippen LogP contribution in [0.1, 0.15) is 13.3 Å². The first kappa shape index (κ1) is 11.7. The zero-order valence-corrected chi connectivity index (χ0v) is 10.8. The molecule has 3 rings (SSSR count). The van der Waals surface area contributed by atoms with Gasteiger partial charge in [-0.15, -0.1) is 0 Å². The van der Waals surface area contributed by atoms with E-state index in [1.165, 1.54) is 5.57 Å². The summed E-state index contributed by atoms with van der Waals surface area (Å²) in [6, 6.07) is 9.93. The molecule has 0 radical (unpaired) electrons. The number of aromatic nitrogens is 1. The minimum Gasteiger partial charge on any atom is -0.458 e. The molecular weight excluding hydrogens is 234 g/mol. The van der Waals surface area contributed by atoms with E-state index < -0.39 is 0 Å². The summed E-state index contributed by atoms with van der Waals surface area (Å²) < 4.78 is 5.90. The van der Waals surface area contributed by atoms with Gasteiger partial charge in [0.1, 0.15) is 11.5 Å². The van der Waals surface area contributed by atoms with E-state index in [0.717, 1.165) is 28.8 Å². The third-order valence-corrected chi connectivity index (χ3v) is 3.08. The molecule has 2 heteroatoms. The Labute approximate surface area is 112 Å². The summed E-state index contributed by atoms with van der Waals surface area (Å²) in [6.45, 7) is 2.09. The van der Waals surface area contributed by atoms with Crippen LogP contribution >= 0.6 is 0 Å². The van der Waals surface area contributed by atoms with Crippen LogP contribution in [0.3, 0.4) is 0 Å². The number of hydrogen-bond donors (Lipinski definition) is 0. The highest BCUT2D eigenvalue weighted by Crippen LogP contribution is 2.22. The number of allylic oxidation sites excluding steroid dienone is 5. The first-order valence-electron chi connectivity index (χ1n) is 6.39. The van der Waals surface area contributed by atoms with Gasteiger partial charge >= 0.3 is 0 Å². The molecule has 1 aliphatic carbocycles. The van der Waals surface area contributed by atoms with Gasteiger partial charge in [-0.25, -0.2) is 0 Å². The van der Waals surface area contributed by atoms with E-state index in [1.54, 1.807) is 6.20 Å². The van der Waals surface area contributed by atoms with Crippen LogP contribution in [0.25, 0.3) is 10.9 Å². The van der Waals surface area contributed by atoms with Crippen molar-refractivity contribution < 1.29 is 4.74 Å². The predicted molar refractivity (Wildman–Crippen MR) is 78.0 cm³/mol. The summed E-state index contributed by atoms with van der Waals surface area (Å²) in [5, 5.41) is 1.09. The van der Waals surface area contributed by atoms with Crippen molar-refractivity contribution in [2.45, 2.75) is 13.3 Å². The molecule has 2 aromatic rings. The van der Waals surface area contributed by atoms with Crippen molar-refractivity contribution in [1.29, 1.82) is 0 Å². The van der Waals surface area contributed by atoms with Crippen molar-refractivity contribution in [3.05, 3.63) is 72.2 Å². The number of pyridine rings is 1. The highest BCUT2D eigenvalue weighted by molar-refractivity contribution is 5.79. The van der Waals surface area contributed by atoms with Gasteiger partial charge < -0.3 is 4.74 Å². The molecule has 0 atom stereocenters. The van der Waals surface area contributed by atoms with Gasteiger partial charge in [0, 0.05) is 11.6 Å². The Hall–Kier alpha value is -2.35. The second kappa shape index (κ2) is 5.11. The van der Waals surface area contributed by atoms with Gasteiger partial charge in [0.25, 0.3) is 0 Å². The quantitative estimate of drug-likeness (QED) is 0.786. The molecule has 0 aliphatic heterocycles. The second-order valence-electron chi connectivity index (χ2n) is 4.58. The molecule has 1 aromatic carbocycles. The summed E-state index contributed by atoms with van der Waals surface area (Å²) in [7, 11) is 0. The topological polar surface area (TPSA) is 22.1 Å². The number of hydrogen-bond acceptors (Lipinski definition) is 2. The highest BCUT2D eigenvalue weighted by Gasteiger charge is 2.01. The molecule has 1 aromatic heterocycles. The Balaban J connectivity index is 1.86. The fourth-order valence-corrected chi connectivity index (χ4v) is 2.04. The molecule has 0 amide bonds. The van der Waals surface area contributed by atoms with Gasteiger partial charge in [0.05, 0.1) is 5.52 Å². The molecule has 0 bridgehead atoms. The molecule has 0 N–H and O–H groups in total. The Morgan fingerprint density at radius 2 is 2.05 bits per heavy atom. The maximum absolute atomic E-state index is 5.90. The number of rotatable bonds is 2. The summed E-state index contributed by atoms with van der Waals surface area (Å²) in [6.07, 6.45) is 11.0. The van der Waals surface area contributed by atoms with E-state index >= 15 is 0 Å². The second-order valence-corrected chi connectivity index (χ2v) is 4.58. The summed E-state index contributed by atoms with van der Waals surface area (Å²) in [5.74, 6) is 1.73. The smallest absolute Gasteiger partial charge is 0.128 e. The van der Waals surface area contributed by atoms with Crippen LogP contribution in [0.5, 0.6) is 5.75 Å². The number of nitrogens with zero attached hydrogens (tertiary/aromatic N) is 1. The zero-order valence-electron chi connectivity index (χ0n) is 10.8. The van der Waals surface area contributed by atoms with Gasteiger partial charge in [-0.3, -0.25) is 4.98 Å². The number of fused-ring (bicyclic) bond motifs is 1. The van der Waals surface area contributed by atoms with Gasteiger partial charge in [-0.2, -0.15) is 0 Å². The molecule has 19 heavy (non-hydrogen) atoms. The van der Waals surface area contributed by atoms with Gasteiger partial charge in [0.2, 0.25) is 0 Å². The number of ether oxygens (including phenoxy) is 1. The van der Waals surface area contributed by atoms with Crippen LogP contribution in [-0.4, -0.2) is 4.98 Å². The average Bonchev–Trinajstić information content (AvgIpc) is 2.64. The minimum absolute atomic E-state index is 0.843. The van der Waals surface area contributed by atoms with Crippen LogP contribution < -0.4 is 4.74 Å². The van der Waals surface area contributed by atoms with Crippen molar-refractivity contribution in [2.75, 3.05) is 0 Å². The summed E-state index contributed by atoms with van der Waals surface area (Å²) >= 11 is 0. The van der Waals surface area contributed by atoms with Crippen LogP contribution in [-0.2, 0) is 0 Å². The maximum atomic E-state index is 5.90. The van der Waals surface area contributed by atoms with Gasteiger partial charge in [-0.1, -0.05) is 23.8 Å². The van der Waals surface area contributed by atoms with Crippen LogP contribution in [0, 0.1) is 0 Å². The van der Waals surface area contributed by atoms with Gasteiger partial charge in [0.15, 0.2) is 0 Å². The molecule has 1 aliphatic rings. The first-order chi connectivity index (χ1) is 9.31. The molecular formula is C17H15NO. The largest absolute Gasteiger partial charge is 0.458 e. The first-order valence-corrected chi connectivity index (χ1v) is 6.39. The molecule has 0 spiro atoms. The van der Waals surface area contributed by atoms with Crippen LogP contribution in [0.15, 0.2) is 72.2 Å². The molecule has 2 nitrogen and oxygen atoms in total. The molecule has 94 valence electrons. The molecule has 1 heterocycles. The lowest BCUT2D eigenvalue weighted by Crippen LogP contribution is -1.92. The van der Waals surface area contributed by atoms with E-state index in [0.29, 0.717) is 0 Å². The lowest BCUT2D eigenvalue weighted by atomic mass is 10.2. The Morgan fingerprint density at radius 1 is 1.11 bits per heavy atom. The Bertz CT molecular complexity index is 695. The van der Waals surface area contributed by atoms with Crippen molar-refractivity contribution in [1.82, 2.24) is 4.98 Å². The molecule has 0 unspecified atom stereocenters. The summed E-state index contributed by atoms with van der Waals surface area (Å²) in [4.78, 5) is 4.30. The van der Waals surface area contributed by atoms with Crippen LogP contribution in [0.4, 0.5) is 0 Å². The standard InChI is InChI=1S/C17H15NO/c1-13-4-2-6-15(8-7-13)19-16-9-10-17-14(12-16)5-3-11-18-17/h3-12H,2H2,1H3.